The van der Waals surface area contributed by atoms with Crippen molar-refractivity contribution in [1.82, 2.24) is 15.1 Å². The first-order valence-corrected chi connectivity index (χ1v) is 11.0. The molecule has 4 rings (SSSR count). The maximum atomic E-state index is 11.4. The number of phenolic OH excluding ortho intramolecular Hbond substituents is 1. The Morgan fingerprint density at radius 3 is 2.61 bits per heavy atom. The molecule has 12 nitrogen and oxygen atoms in total. The summed E-state index contributed by atoms with van der Waals surface area (Å²) in [5.41, 5.74) is 3.13. The lowest BCUT2D eigenvalue weighted by Crippen LogP contribution is -2.23. The van der Waals surface area contributed by atoms with Gasteiger partial charge in [0.25, 0.3) is 15.8 Å². The third kappa shape index (κ3) is 5.08. The summed E-state index contributed by atoms with van der Waals surface area (Å²) < 4.78 is 27.6. The highest BCUT2D eigenvalue weighted by molar-refractivity contribution is 7.85. The zero-order valence-corrected chi connectivity index (χ0v) is 17.3. The van der Waals surface area contributed by atoms with Gasteiger partial charge in [0.05, 0.1) is 35.2 Å². The van der Waals surface area contributed by atoms with Gasteiger partial charge in [-0.2, -0.15) is 13.5 Å². The summed E-state index contributed by atoms with van der Waals surface area (Å²) in [6, 6.07) is 7.96. The summed E-state index contributed by atoms with van der Waals surface area (Å²) in [7, 11) is -3.67. The fraction of sp³-hybridized carbons (Fsp3) is 0.278. The number of nitrogens with zero attached hydrogens (tertiary/aromatic N) is 3. The number of hydrogen-bond donors (Lipinski definition) is 5. The third-order valence-corrected chi connectivity index (χ3v) is 4.40. The molecule has 166 valence electrons. The summed E-state index contributed by atoms with van der Waals surface area (Å²) >= 11 is 0. The van der Waals surface area contributed by atoms with E-state index in [1.54, 1.807) is 22.9 Å². The van der Waals surface area contributed by atoms with Crippen LogP contribution in [0.4, 0.5) is 17.1 Å². The maximum Gasteiger partial charge on any atom is 0.293 e. The summed E-state index contributed by atoms with van der Waals surface area (Å²) in [6.07, 6.45) is 0.715. The molecule has 0 aliphatic carbocycles. The monoisotopic (exact) mass is 451 g/mol. The van der Waals surface area contributed by atoms with Gasteiger partial charge < -0.3 is 20.8 Å². The number of aliphatic hydroxyl groups is 1. The Kier molecular flexibility index (Phi) is 6.40. The Hall–Kier alpha value is -3.26. The maximum absolute atomic E-state index is 11.4. The van der Waals surface area contributed by atoms with E-state index in [0.717, 1.165) is 5.52 Å². The van der Waals surface area contributed by atoms with Crippen LogP contribution >= 0.6 is 0 Å². The van der Waals surface area contributed by atoms with Gasteiger partial charge in [0, 0.05) is 30.4 Å². The number of aromatic hydroxyl groups is 1. The predicted octanol–water partition coefficient (Wildman–Crippen LogP) is 1.46. The number of rotatable bonds is 6. The molecule has 0 spiro atoms. The molecule has 3 aromatic rings. The van der Waals surface area contributed by atoms with Gasteiger partial charge in [-0.3, -0.25) is 19.3 Å². The molecule has 0 amide bonds. The Bertz CT molecular complexity index is 1230. The number of hydrogen-bond acceptors (Lipinski definition) is 9. The smallest absolute Gasteiger partial charge is 0.293 e. The summed E-state index contributed by atoms with van der Waals surface area (Å²) in [4.78, 5) is 11.0. The minimum absolute atomic E-state index is 0.0181. The van der Waals surface area contributed by atoms with E-state index in [1.807, 2.05) is 0 Å². The SMILES string of the molecule is CS(=O)(=O)O.O=[N+]([O-])c1ccc2c3c(nn2CCNCCO)-c2cc(O)ccc2Nc13. The Labute approximate surface area is 177 Å². The second-order valence-corrected chi connectivity index (χ2v) is 8.21. The molecular formula is C18H21N5O7S. The van der Waals surface area contributed by atoms with Crippen LogP contribution in [0, 0.1) is 10.1 Å². The second kappa shape index (κ2) is 8.85. The summed E-state index contributed by atoms with van der Waals surface area (Å²) in [6.45, 7) is 1.68. The number of aromatic nitrogens is 2. The van der Waals surface area contributed by atoms with Crippen LogP contribution in [0.5, 0.6) is 5.75 Å². The molecule has 0 saturated carbocycles. The van der Waals surface area contributed by atoms with Crippen LogP contribution in [0.2, 0.25) is 0 Å². The first-order valence-electron chi connectivity index (χ1n) is 9.12. The summed E-state index contributed by atoms with van der Waals surface area (Å²) in [5.74, 6) is 0.103. The normalized spacial score (nSPS) is 12.0. The van der Waals surface area contributed by atoms with Gasteiger partial charge in [-0.1, -0.05) is 0 Å². The molecule has 0 bridgehead atoms. The van der Waals surface area contributed by atoms with Gasteiger partial charge in [0.2, 0.25) is 0 Å². The topological polar surface area (TPSA) is 180 Å². The van der Waals surface area contributed by atoms with Crippen LogP contribution in [0.15, 0.2) is 30.3 Å². The van der Waals surface area contributed by atoms with Gasteiger partial charge in [-0.05, 0) is 24.3 Å². The number of phenols is 1. The number of anilines is 2. The van der Waals surface area contributed by atoms with Gasteiger partial charge >= 0.3 is 0 Å². The van der Waals surface area contributed by atoms with Crippen molar-refractivity contribution in [2.45, 2.75) is 6.54 Å². The van der Waals surface area contributed by atoms with Crippen molar-refractivity contribution < 1.29 is 28.1 Å². The van der Waals surface area contributed by atoms with Gasteiger partial charge in [0.15, 0.2) is 0 Å². The number of nitro groups is 1. The average Bonchev–Trinajstić information content (AvgIpc) is 3.04. The minimum atomic E-state index is -3.67. The molecule has 13 heteroatoms. The van der Waals surface area contributed by atoms with Crippen molar-refractivity contribution >= 4 is 38.1 Å². The molecule has 1 aliphatic heterocycles. The number of benzene rings is 2. The van der Waals surface area contributed by atoms with Crippen LogP contribution in [0.3, 0.4) is 0 Å². The number of nitrogens with one attached hydrogen (secondary N) is 2. The van der Waals surface area contributed by atoms with E-state index in [-0.39, 0.29) is 18.0 Å². The number of aliphatic hydroxyl groups excluding tert-OH is 1. The average molecular weight is 451 g/mol. The molecule has 2 aromatic carbocycles. The molecule has 31 heavy (non-hydrogen) atoms. The van der Waals surface area contributed by atoms with E-state index < -0.39 is 15.0 Å². The van der Waals surface area contributed by atoms with Crippen LogP contribution in [-0.4, -0.2) is 63.8 Å². The van der Waals surface area contributed by atoms with Gasteiger partial charge in [-0.15, -0.1) is 0 Å². The van der Waals surface area contributed by atoms with E-state index in [2.05, 4.69) is 15.7 Å². The molecule has 1 aromatic heterocycles. The van der Waals surface area contributed by atoms with Crippen LogP contribution in [0.1, 0.15) is 0 Å². The summed E-state index contributed by atoms with van der Waals surface area (Å²) in [5, 5.41) is 41.7. The van der Waals surface area contributed by atoms with Crippen molar-refractivity contribution in [2.24, 2.45) is 0 Å². The van der Waals surface area contributed by atoms with Gasteiger partial charge in [-0.25, -0.2) is 0 Å². The molecule has 5 N–H and O–H groups in total. The van der Waals surface area contributed by atoms with Crippen LogP contribution < -0.4 is 10.6 Å². The zero-order valence-electron chi connectivity index (χ0n) is 16.4. The highest BCUT2D eigenvalue weighted by Crippen LogP contribution is 2.47. The lowest BCUT2D eigenvalue weighted by molar-refractivity contribution is -0.383. The Balaban J connectivity index is 0.000000491. The molecule has 0 unspecified atom stereocenters. The standard InChI is InChI=1S/C17H17N5O4.CH4O3S/c23-8-6-18-5-7-21-13-3-4-14(22(25)26)17-15(13)16(20-21)11-9-10(24)1-2-12(11)19-17;1-5(2,3)4/h1-4,9,18-19,23-24H,5-8H2;1H3,(H,2,3,4). The van der Waals surface area contributed by atoms with E-state index in [0.29, 0.717) is 53.9 Å². The molecule has 0 fully saturated rings. The van der Waals surface area contributed by atoms with Crippen molar-refractivity contribution in [3.05, 3.63) is 40.4 Å². The van der Waals surface area contributed by atoms with Gasteiger partial charge in [0.1, 0.15) is 17.1 Å². The van der Waals surface area contributed by atoms with Crippen molar-refractivity contribution in [3.63, 3.8) is 0 Å². The number of nitro benzene ring substituents is 1. The Morgan fingerprint density at radius 2 is 1.97 bits per heavy atom. The fourth-order valence-electron chi connectivity index (χ4n) is 3.26. The molecule has 0 atom stereocenters. The van der Waals surface area contributed by atoms with Crippen molar-refractivity contribution in [1.29, 1.82) is 0 Å². The van der Waals surface area contributed by atoms with E-state index >= 15 is 0 Å². The van der Waals surface area contributed by atoms with Crippen LogP contribution in [0.25, 0.3) is 22.2 Å². The van der Waals surface area contributed by atoms with E-state index in [9.17, 15) is 23.6 Å². The highest BCUT2D eigenvalue weighted by Gasteiger charge is 2.29. The van der Waals surface area contributed by atoms with E-state index in [4.69, 9.17) is 9.66 Å². The first kappa shape index (κ1) is 22.4. The third-order valence-electron chi connectivity index (χ3n) is 4.40. The molecule has 0 radical (unpaired) electrons. The fourth-order valence-corrected chi connectivity index (χ4v) is 3.26. The minimum Gasteiger partial charge on any atom is -0.508 e. The van der Waals surface area contributed by atoms with E-state index in [1.165, 1.54) is 12.1 Å². The number of fused-ring (bicyclic) bond motifs is 2. The molecule has 2 heterocycles. The highest BCUT2D eigenvalue weighted by atomic mass is 32.2. The molecular weight excluding hydrogens is 430 g/mol. The Morgan fingerprint density at radius 1 is 1.26 bits per heavy atom. The first-order chi connectivity index (χ1) is 14.6. The predicted molar refractivity (Wildman–Crippen MR) is 114 cm³/mol. The lowest BCUT2D eigenvalue weighted by atomic mass is 9.99. The van der Waals surface area contributed by atoms with Crippen molar-refractivity contribution in [2.75, 3.05) is 31.3 Å². The lowest BCUT2D eigenvalue weighted by Gasteiger charge is -2.17. The van der Waals surface area contributed by atoms with Crippen molar-refractivity contribution in [3.8, 4) is 17.0 Å². The molecule has 0 saturated heterocycles. The van der Waals surface area contributed by atoms with Crippen LogP contribution in [-0.2, 0) is 16.7 Å². The quantitative estimate of drug-likeness (QED) is 0.0946. The zero-order chi connectivity index (χ0) is 22.8. The second-order valence-electron chi connectivity index (χ2n) is 6.74. The molecule has 1 aliphatic rings. The largest absolute Gasteiger partial charge is 0.508 e.